The van der Waals surface area contributed by atoms with Crippen molar-refractivity contribution in [3.63, 3.8) is 0 Å². The molecule has 0 fully saturated rings. The minimum atomic E-state index is -4.79. The van der Waals surface area contributed by atoms with Crippen LogP contribution in [0, 0.1) is 0 Å². The largest absolute Gasteiger partial charge is 0.390 e. The molecular formula is C24H25F3N4O6S3. The van der Waals surface area contributed by atoms with Gasteiger partial charge in [0.15, 0.2) is 15.1 Å². The molecule has 3 aromatic rings. The molecule has 2 heterocycles. The molecule has 2 amide bonds. The van der Waals surface area contributed by atoms with Gasteiger partial charge in [0.05, 0.1) is 28.1 Å². The van der Waals surface area contributed by atoms with Crippen molar-refractivity contribution < 1.29 is 39.6 Å². The molecule has 16 heteroatoms. The number of amides is 2. The van der Waals surface area contributed by atoms with Crippen LogP contribution >= 0.6 is 11.3 Å². The third-order valence-corrected chi connectivity index (χ3v) is 10.2. The summed E-state index contributed by atoms with van der Waals surface area (Å²) in [5.74, 6) is -3.57. The number of carbonyl (C=O) groups is 2. The number of hydrogen-bond donors (Lipinski definition) is 2. The minimum absolute atomic E-state index is 0.244. The maximum atomic E-state index is 13.2. The number of nitrogens with zero attached hydrogens (tertiary/aromatic N) is 2. The molecule has 4 rings (SSSR count). The van der Waals surface area contributed by atoms with E-state index in [0.29, 0.717) is 29.8 Å². The summed E-state index contributed by atoms with van der Waals surface area (Å²) in [5.41, 5.74) is 2.74. The standard InChI is InChI=1S/C24H25F3N4O6S3/c25-24(26,27)8-11-39(34,35)20(21(32)29-9-12-40(28,36)37)22-30-18-6-5-16(13-19(18)38-22)23(33)31-10-7-15-3-1-2-4-17(15)14-31/h1-6,13,20H,7-12,14H2,(H,29,32)(H2,28,36,37). The third-order valence-electron chi connectivity index (χ3n) is 6.25. The number of hydrogen-bond acceptors (Lipinski definition) is 8. The number of nitrogens with two attached hydrogens (primary N) is 1. The zero-order chi connectivity index (χ0) is 29.3. The van der Waals surface area contributed by atoms with Gasteiger partial charge in [0, 0.05) is 25.2 Å². The van der Waals surface area contributed by atoms with E-state index in [1.165, 1.54) is 18.2 Å². The molecule has 0 saturated heterocycles. The molecule has 1 aromatic heterocycles. The second-order valence-electron chi connectivity index (χ2n) is 9.25. The molecule has 216 valence electrons. The zero-order valence-corrected chi connectivity index (χ0v) is 23.3. The van der Waals surface area contributed by atoms with Crippen LogP contribution in [0.3, 0.4) is 0 Å². The molecule has 1 aliphatic heterocycles. The fraction of sp³-hybridized carbons (Fsp3) is 0.375. The van der Waals surface area contributed by atoms with E-state index in [4.69, 9.17) is 5.14 Å². The maximum Gasteiger partial charge on any atom is 0.390 e. The Hall–Kier alpha value is -3.08. The Balaban J connectivity index is 1.62. The molecular weight excluding hydrogens is 593 g/mol. The number of primary sulfonamides is 1. The van der Waals surface area contributed by atoms with Crippen molar-refractivity contribution >= 4 is 53.2 Å². The van der Waals surface area contributed by atoms with Crippen molar-refractivity contribution in [3.8, 4) is 0 Å². The molecule has 0 radical (unpaired) electrons. The van der Waals surface area contributed by atoms with E-state index in [9.17, 15) is 39.6 Å². The number of sulfone groups is 1. The van der Waals surface area contributed by atoms with Gasteiger partial charge >= 0.3 is 6.18 Å². The van der Waals surface area contributed by atoms with E-state index >= 15 is 0 Å². The second kappa shape index (κ2) is 11.4. The van der Waals surface area contributed by atoms with Gasteiger partial charge < -0.3 is 10.2 Å². The summed E-state index contributed by atoms with van der Waals surface area (Å²) < 4.78 is 87.0. The van der Waals surface area contributed by atoms with Gasteiger partial charge in [-0.1, -0.05) is 24.3 Å². The van der Waals surface area contributed by atoms with Crippen molar-refractivity contribution in [2.75, 3.05) is 24.6 Å². The van der Waals surface area contributed by atoms with Crippen molar-refractivity contribution in [3.05, 3.63) is 64.2 Å². The first-order valence-corrected chi connectivity index (χ1v) is 16.2. The summed E-state index contributed by atoms with van der Waals surface area (Å²) in [6.45, 7) is 0.366. The first-order valence-electron chi connectivity index (χ1n) is 12.0. The summed E-state index contributed by atoms with van der Waals surface area (Å²) >= 11 is 0.754. The third kappa shape index (κ3) is 7.35. The topological polar surface area (TPSA) is 157 Å². The number of benzene rings is 2. The van der Waals surface area contributed by atoms with Crippen LogP contribution in [-0.4, -0.2) is 69.3 Å². The van der Waals surface area contributed by atoms with Gasteiger partial charge in [-0.25, -0.2) is 27.0 Å². The second-order valence-corrected chi connectivity index (χ2v) is 14.3. The molecule has 10 nitrogen and oxygen atoms in total. The maximum absolute atomic E-state index is 13.2. The Kier molecular flexibility index (Phi) is 8.54. The molecule has 0 spiro atoms. The molecule has 1 atom stereocenters. The van der Waals surface area contributed by atoms with Gasteiger partial charge in [0.2, 0.25) is 15.9 Å². The predicted molar refractivity (Wildman–Crippen MR) is 143 cm³/mol. The van der Waals surface area contributed by atoms with Gasteiger partial charge in [-0.2, -0.15) is 13.2 Å². The molecule has 0 saturated carbocycles. The van der Waals surface area contributed by atoms with E-state index in [0.717, 1.165) is 22.5 Å². The first kappa shape index (κ1) is 29.9. The molecule has 1 aliphatic rings. The summed E-state index contributed by atoms with van der Waals surface area (Å²) in [6, 6.07) is 12.3. The monoisotopic (exact) mass is 618 g/mol. The summed E-state index contributed by atoms with van der Waals surface area (Å²) in [4.78, 5) is 31.9. The molecule has 0 aliphatic carbocycles. The van der Waals surface area contributed by atoms with E-state index < -0.39 is 61.7 Å². The van der Waals surface area contributed by atoms with Crippen LogP contribution in [0.5, 0.6) is 0 Å². The minimum Gasteiger partial charge on any atom is -0.354 e. The highest BCUT2D eigenvalue weighted by Gasteiger charge is 2.40. The number of carbonyl (C=O) groups excluding carboxylic acids is 2. The van der Waals surface area contributed by atoms with E-state index in [-0.39, 0.29) is 16.4 Å². The lowest BCUT2D eigenvalue weighted by Gasteiger charge is -2.29. The van der Waals surface area contributed by atoms with Crippen LogP contribution in [0.4, 0.5) is 13.2 Å². The van der Waals surface area contributed by atoms with Crippen LogP contribution in [0.15, 0.2) is 42.5 Å². The number of aromatic nitrogens is 1. The lowest BCUT2D eigenvalue weighted by Crippen LogP contribution is -2.38. The Morgan fingerprint density at radius 3 is 2.45 bits per heavy atom. The Morgan fingerprint density at radius 2 is 1.77 bits per heavy atom. The number of fused-ring (bicyclic) bond motifs is 2. The Labute approximate surface area is 232 Å². The fourth-order valence-electron chi connectivity index (χ4n) is 4.25. The lowest BCUT2D eigenvalue weighted by molar-refractivity contribution is -0.130. The van der Waals surface area contributed by atoms with Gasteiger partial charge in [0.25, 0.3) is 5.91 Å². The van der Waals surface area contributed by atoms with Crippen molar-refractivity contribution in [1.82, 2.24) is 15.2 Å². The molecule has 2 aromatic carbocycles. The van der Waals surface area contributed by atoms with Crippen LogP contribution in [0.1, 0.15) is 38.2 Å². The first-order chi connectivity index (χ1) is 18.6. The van der Waals surface area contributed by atoms with Crippen molar-refractivity contribution in [2.45, 2.75) is 30.8 Å². The quantitative estimate of drug-likeness (QED) is 0.373. The average molecular weight is 619 g/mol. The van der Waals surface area contributed by atoms with Gasteiger partial charge in [-0.05, 0) is 35.7 Å². The highest BCUT2D eigenvalue weighted by Crippen LogP contribution is 2.34. The van der Waals surface area contributed by atoms with Crippen LogP contribution in [0.25, 0.3) is 10.2 Å². The lowest BCUT2D eigenvalue weighted by atomic mass is 9.99. The number of halogens is 3. The SMILES string of the molecule is NS(=O)(=O)CCNC(=O)C(c1nc2ccc(C(=O)N3CCc4ccccc4C3)cc2s1)S(=O)(=O)CCC(F)(F)F. The average Bonchev–Trinajstić information content (AvgIpc) is 3.28. The van der Waals surface area contributed by atoms with Gasteiger partial charge in [0.1, 0.15) is 5.01 Å². The number of nitrogens with one attached hydrogen (secondary N) is 1. The summed E-state index contributed by atoms with van der Waals surface area (Å²) in [6.07, 6.45) is -5.79. The van der Waals surface area contributed by atoms with Gasteiger partial charge in [-0.3, -0.25) is 9.59 Å². The normalized spacial score (nSPS) is 15.1. The number of sulfonamides is 1. The van der Waals surface area contributed by atoms with E-state index in [1.54, 1.807) is 4.90 Å². The van der Waals surface area contributed by atoms with Crippen LogP contribution < -0.4 is 10.5 Å². The molecule has 0 bridgehead atoms. The van der Waals surface area contributed by atoms with Crippen LogP contribution in [-0.2, 0) is 37.6 Å². The highest BCUT2D eigenvalue weighted by molar-refractivity contribution is 7.92. The number of alkyl halides is 3. The summed E-state index contributed by atoms with van der Waals surface area (Å²) in [5, 5.41) is 4.58. The fourth-order valence-corrected chi connectivity index (χ4v) is 7.73. The van der Waals surface area contributed by atoms with E-state index in [2.05, 4.69) is 10.3 Å². The molecule has 1 unspecified atom stereocenters. The number of thiazole rings is 1. The molecule has 3 N–H and O–H groups in total. The smallest absolute Gasteiger partial charge is 0.354 e. The predicted octanol–water partition coefficient (Wildman–Crippen LogP) is 2.31. The van der Waals surface area contributed by atoms with Crippen molar-refractivity contribution in [1.29, 1.82) is 0 Å². The molecule has 40 heavy (non-hydrogen) atoms. The zero-order valence-electron chi connectivity index (χ0n) is 20.8. The highest BCUT2D eigenvalue weighted by atomic mass is 32.2. The Morgan fingerprint density at radius 1 is 1.07 bits per heavy atom. The Bertz CT molecular complexity index is 1660. The number of rotatable bonds is 9. The summed E-state index contributed by atoms with van der Waals surface area (Å²) in [7, 11) is -8.73. The van der Waals surface area contributed by atoms with Crippen LogP contribution in [0.2, 0.25) is 0 Å². The van der Waals surface area contributed by atoms with Crippen molar-refractivity contribution in [2.24, 2.45) is 5.14 Å². The van der Waals surface area contributed by atoms with Gasteiger partial charge in [-0.15, -0.1) is 11.3 Å². The van der Waals surface area contributed by atoms with E-state index in [1.807, 2.05) is 24.3 Å².